The Hall–Kier alpha value is -3.29. The molecule has 8 nitrogen and oxygen atoms in total. The Labute approximate surface area is 203 Å². The number of carbonyl (C=O) groups excluding carboxylic acids is 1. The second-order valence-corrected chi connectivity index (χ2v) is 11.7. The fourth-order valence-electron chi connectivity index (χ4n) is 3.92. The zero-order chi connectivity index (χ0) is 24.3. The Morgan fingerprint density at radius 2 is 1.91 bits per heavy atom. The SMILES string of the molecule is CN(C)c1ccc(N2C(=N/C=C(\C#N)C(=O)NCc3ccccc3)S[C@@H]3CS(=O)(=O)C[C@H]32)cc1. The summed E-state index contributed by atoms with van der Waals surface area (Å²) in [5.74, 6) is -0.380. The van der Waals surface area contributed by atoms with Crippen molar-refractivity contribution in [1.82, 2.24) is 5.32 Å². The van der Waals surface area contributed by atoms with Crippen LogP contribution < -0.4 is 15.1 Å². The Bertz CT molecular complexity index is 1270. The summed E-state index contributed by atoms with van der Waals surface area (Å²) in [6.45, 7) is 0.302. The highest BCUT2D eigenvalue weighted by atomic mass is 32.2. The molecule has 2 aromatic carbocycles. The predicted octanol–water partition coefficient (Wildman–Crippen LogP) is 2.55. The molecule has 2 heterocycles. The van der Waals surface area contributed by atoms with Gasteiger partial charge in [0, 0.05) is 37.3 Å². The fourth-order valence-corrected chi connectivity index (χ4v) is 7.81. The van der Waals surface area contributed by atoms with Crippen LogP contribution in [0.25, 0.3) is 0 Å². The zero-order valence-corrected chi connectivity index (χ0v) is 20.5. The topological polar surface area (TPSA) is 106 Å². The third-order valence-corrected chi connectivity index (χ3v) is 8.90. The van der Waals surface area contributed by atoms with Crippen LogP contribution in [-0.2, 0) is 21.2 Å². The molecule has 0 unspecified atom stereocenters. The first-order valence-electron chi connectivity index (χ1n) is 10.7. The molecule has 2 fully saturated rings. The lowest BCUT2D eigenvalue weighted by molar-refractivity contribution is -0.117. The molecule has 0 bridgehead atoms. The number of amides is 1. The number of fused-ring (bicyclic) bond motifs is 1. The summed E-state index contributed by atoms with van der Waals surface area (Å²) in [4.78, 5) is 20.9. The number of anilines is 2. The van der Waals surface area contributed by atoms with Crippen molar-refractivity contribution in [3.63, 3.8) is 0 Å². The van der Waals surface area contributed by atoms with Gasteiger partial charge in [-0.2, -0.15) is 5.26 Å². The van der Waals surface area contributed by atoms with Gasteiger partial charge < -0.3 is 15.1 Å². The van der Waals surface area contributed by atoms with Crippen molar-refractivity contribution < 1.29 is 13.2 Å². The maximum absolute atomic E-state index is 12.5. The molecule has 0 aliphatic carbocycles. The lowest BCUT2D eigenvalue weighted by Crippen LogP contribution is -2.37. The molecule has 0 radical (unpaired) electrons. The largest absolute Gasteiger partial charge is 0.378 e. The number of nitrogens with one attached hydrogen (secondary N) is 1. The molecule has 0 aromatic heterocycles. The van der Waals surface area contributed by atoms with E-state index < -0.39 is 15.7 Å². The van der Waals surface area contributed by atoms with Gasteiger partial charge in [0.15, 0.2) is 15.0 Å². The molecular formula is C24H25N5O3S2. The average Bonchev–Trinajstić information content (AvgIpc) is 3.29. The van der Waals surface area contributed by atoms with Gasteiger partial charge >= 0.3 is 0 Å². The van der Waals surface area contributed by atoms with E-state index in [0.717, 1.165) is 16.9 Å². The second-order valence-electron chi connectivity index (χ2n) is 8.32. The van der Waals surface area contributed by atoms with E-state index in [2.05, 4.69) is 10.3 Å². The van der Waals surface area contributed by atoms with Crippen molar-refractivity contribution >= 4 is 44.0 Å². The summed E-state index contributed by atoms with van der Waals surface area (Å²) in [5, 5.41) is 12.7. The normalized spacial score (nSPS) is 22.3. The smallest absolute Gasteiger partial charge is 0.263 e. The number of hydrogen-bond acceptors (Lipinski definition) is 7. The van der Waals surface area contributed by atoms with Crippen LogP contribution in [0.3, 0.4) is 0 Å². The first-order chi connectivity index (χ1) is 16.3. The molecule has 2 aliphatic rings. The maximum Gasteiger partial charge on any atom is 0.263 e. The molecule has 34 heavy (non-hydrogen) atoms. The van der Waals surface area contributed by atoms with Crippen LogP contribution >= 0.6 is 11.8 Å². The van der Waals surface area contributed by atoms with Crippen molar-refractivity contribution in [2.45, 2.75) is 17.8 Å². The van der Waals surface area contributed by atoms with E-state index >= 15 is 0 Å². The number of thioether (sulfide) groups is 1. The van der Waals surface area contributed by atoms with Gasteiger partial charge in [-0.3, -0.25) is 4.79 Å². The van der Waals surface area contributed by atoms with Crippen LogP contribution in [0.15, 0.2) is 71.4 Å². The van der Waals surface area contributed by atoms with Gasteiger partial charge in [-0.1, -0.05) is 42.1 Å². The molecule has 1 amide bonds. The van der Waals surface area contributed by atoms with Crippen molar-refractivity contribution in [1.29, 1.82) is 5.26 Å². The quantitative estimate of drug-likeness (QED) is 0.485. The van der Waals surface area contributed by atoms with Crippen LogP contribution in [0.4, 0.5) is 11.4 Å². The molecule has 1 N–H and O–H groups in total. The number of carbonyl (C=O) groups is 1. The third-order valence-electron chi connectivity index (χ3n) is 5.68. The molecule has 176 valence electrons. The van der Waals surface area contributed by atoms with E-state index in [1.54, 1.807) is 0 Å². The highest BCUT2D eigenvalue weighted by molar-refractivity contribution is 8.16. The van der Waals surface area contributed by atoms with Gasteiger partial charge in [-0.05, 0) is 29.8 Å². The molecule has 2 saturated heterocycles. The second kappa shape index (κ2) is 9.91. The summed E-state index contributed by atoms with van der Waals surface area (Å²) in [6, 6.07) is 18.9. The highest BCUT2D eigenvalue weighted by Crippen LogP contribution is 2.41. The molecular weight excluding hydrogens is 470 g/mol. The van der Waals surface area contributed by atoms with E-state index in [9.17, 15) is 18.5 Å². The summed E-state index contributed by atoms with van der Waals surface area (Å²) < 4.78 is 24.5. The fraction of sp³-hybridized carbons (Fsp3) is 0.292. The van der Waals surface area contributed by atoms with Gasteiger partial charge in [0.25, 0.3) is 5.91 Å². The summed E-state index contributed by atoms with van der Waals surface area (Å²) in [7, 11) is 0.765. The van der Waals surface area contributed by atoms with E-state index in [0.29, 0.717) is 11.7 Å². The molecule has 2 aliphatic heterocycles. The number of aliphatic imine (C=N–C) groups is 1. The molecule has 10 heteroatoms. The van der Waals surface area contributed by atoms with E-state index in [4.69, 9.17) is 0 Å². The number of nitriles is 1. The van der Waals surface area contributed by atoms with Gasteiger partial charge in [0.05, 0.1) is 23.7 Å². The minimum absolute atomic E-state index is 0.0471. The van der Waals surface area contributed by atoms with E-state index in [1.807, 2.05) is 84.6 Å². The average molecular weight is 496 g/mol. The molecule has 0 saturated carbocycles. The summed E-state index contributed by atoms with van der Waals surface area (Å²) in [6.07, 6.45) is 1.26. The molecule has 2 aromatic rings. The standard InChI is InChI=1S/C24H25N5O3S2/c1-28(2)19-8-10-20(11-9-19)29-21-15-34(31,32)16-22(21)33-24(29)27-14-18(12-25)23(30)26-13-17-6-4-3-5-7-17/h3-11,14,21-22H,13,15-16H2,1-2H3,(H,26,30)/b18-14+,27-24?/t21-,22-/m1/s1. The van der Waals surface area contributed by atoms with Gasteiger partial charge in [-0.15, -0.1) is 0 Å². The van der Waals surface area contributed by atoms with Crippen molar-refractivity contribution in [3.8, 4) is 6.07 Å². The predicted molar refractivity (Wildman–Crippen MR) is 136 cm³/mol. The minimum Gasteiger partial charge on any atom is -0.378 e. The number of sulfone groups is 1. The zero-order valence-electron chi connectivity index (χ0n) is 18.9. The van der Waals surface area contributed by atoms with Crippen LogP contribution in [0, 0.1) is 11.3 Å². The molecule has 4 rings (SSSR count). The number of nitrogens with zero attached hydrogens (tertiary/aromatic N) is 4. The van der Waals surface area contributed by atoms with E-state index in [1.165, 1.54) is 18.0 Å². The maximum atomic E-state index is 12.5. The Morgan fingerprint density at radius 3 is 2.56 bits per heavy atom. The van der Waals surface area contributed by atoms with Gasteiger partial charge in [-0.25, -0.2) is 13.4 Å². The van der Waals surface area contributed by atoms with Crippen molar-refractivity contribution in [2.75, 3.05) is 35.4 Å². The van der Waals surface area contributed by atoms with Crippen LogP contribution in [0.5, 0.6) is 0 Å². The first kappa shape index (κ1) is 23.9. The Morgan fingerprint density at radius 1 is 1.21 bits per heavy atom. The third kappa shape index (κ3) is 5.26. The lowest BCUT2D eigenvalue weighted by Gasteiger charge is -2.25. The summed E-state index contributed by atoms with van der Waals surface area (Å²) in [5.41, 5.74) is 2.65. The van der Waals surface area contributed by atoms with E-state index in [-0.39, 0.29) is 28.4 Å². The Balaban J connectivity index is 1.58. The van der Waals surface area contributed by atoms with Crippen LogP contribution in [0.1, 0.15) is 5.56 Å². The highest BCUT2D eigenvalue weighted by Gasteiger charge is 2.49. The first-order valence-corrected chi connectivity index (χ1v) is 13.4. The van der Waals surface area contributed by atoms with Crippen LogP contribution in [0.2, 0.25) is 0 Å². The molecule has 2 atom stereocenters. The molecule has 0 spiro atoms. The van der Waals surface area contributed by atoms with Crippen LogP contribution in [-0.4, -0.2) is 56.4 Å². The monoisotopic (exact) mass is 495 g/mol. The lowest BCUT2D eigenvalue weighted by atomic mass is 10.2. The minimum atomic E-state index is -3.13. The van der Waals surface area contributed by atoms with Crippen molar-refractivity contribution in [3.05, 3.63) is 71.9 Å². The number of amidine groups is 1. The number of benzene rings is 2. The number of hydrogen-bond donors (Lipinski definition) is 1. The van der Waals surface area contributed by atoms with Crippen molar-refractivity contribution in [2.24, 2.45) is 4.99 Å². The summed E-state index contributed by atoms with van der Waals surface area (Å²) >= 11 is 1.37. The Kier molecular flexibility index (Phi) is 6.95. The number of rotatable bonds is 6. The van der Waals surface area contributed by atoms with Gasteiger partial charge in [0.1, 0.15) is 11.6 Å². The van der Waals surface area contributed by atoms with Gasteiger partial charge in [0.2, 0.25) is 0 Å².